The molecule has 0 radical (unpaired) electrons. The van der Waals surface area contributed by atoms with Crippen LogP contribution in [0.1, 0.15) is 52.0 Å². The number of allylic oxidation sites excluding steroid dienone is 1. The number of halogens is 1. The molecule has 3 aromatic heterocycles. The topological polar surface area (TPSA) is 67.7 Å². The first-order chi connectivity index (χ1) is 15.7. The minimum Gasteiger partial charge on any atom is -0.329 e. The number of fused-ring (bicyclic) bond motifs is 1. The van der Waals surface area contributed by atoms with Crippen LogP contribution >= 0.6 is 22.9 Å². The maximum absolute atomic E-state index is 6.15. The van der Waals surface area contributed by atoms with Crippen molar-refractivity contribution >= 4 is 34.0 Å². The Balaban J connectivity index is 1.28. The lowest BCUT2D eigenvalue weighted by molar-refractivity contribution is 0.452. The highest BCUT2D eigenvalue weighted by atomic mass is 35.5. The van der Waals surface area contributed by atoms with Crippen molar-refractivity contribution in [3.05, 3.63) is 40.9 Å². The van der Waals surface area contributed by atoms with Gasteiger partial charge in [-0.3, -0.25) is 0 Å². The molecular weight excluding hydrogens is 440 g/mol. The molecule has 0 saturated heterocycles. The average Bonchev–Trinajstić information content (AvgIpc) is 3.54. The van der Waals surface area contributed by atoms with Crippen molar-refractivity contribution in [3.8, 4) is 10.6 Å². The molecule has 1 aliphatic rings. The van der Waals surface area contributed by atoms with Crippen LogP contribution in [0, 0.1) is 5.92 Å². The summed E-state index contributed by atoms with van der Waals surface area (Å²) in [5.41, 5.74) is 3.48. The maximum Gasteiger partial charge on any atom is 0.224 e. The highest BCUT2D eigenvalue weighted by molar-refractivity contribution is 7.13. The zero-order valence-electron chi connectivity index (χ0n) is 19.0. The molecule has 3 heterocycles. The van der Waals surface area contributed by atoms with Crippen molar-refractivity contribution in [1.29, 1.82) is 0 Å². The summed E-state index contributed by atoms with van der Waals surface area (Å²) in [6, 6.07) is 0.445. The first-order valence-corrected chi connectivity index (χ1v) is 12.9. The summed E-state index contributed by atoms with van der Waals surface area (Å²) < 4.78 is 2.32. The molecule has 2 atom stereocenters. The zero-order valence-corrected chi connectivity index (χ0v) is 20.6. The Bertz CT molecular complexity index is 1030. The lowest BCUT2D eigenvalue weighted by Crippen LogP contribution is -2.26. The molecule has 4 rings (SSSR count). The van der Waals surface area contributed by atoms with Gasteiger partial charge in [-0.05, 0) is 89.6 Å². The SMILES string of the molecule is C/C=C(\C)CCNCCCNCC1CC[C@H](n2cc(-c3nccs3)c3cnc(Cl)nc32)C1. The fourth-order valence-corrected chi connectivity index (χ4v) is 5.29. The van der Waals surface area contributed by atoms with Gasteiger partial charge in [0, 0.05) is 41.0 Å². The van der Waals surface area contributed by atoms with Crippen LogP contribution in [0.2, 0.25) is 5.28 Å². The van der Waals surface area contributed by atoms with Crippen molar-refractivity contribution in [2.45, 2.75) is 52.0 Å². The first kappa shape index (κ1) is 23.4. The van der Waals surface area contributed by atoms with Crippen molar-refractivity contribution in [2.24, 2.45) is 5.92 Å². The van der Waals surface area contributed by atoms with E-state index in [9.17, 15) is 0 Å². The molecule has 0 spiro atoms. The van der Waals surface area contributed by atoms with Gasteiger partial charge in [0.05, 0.1) is 0 Å². The number of nitrogens with zero attached hydrogens (tertiary/aromatic N) is 4. The van der Waals surface area contributed by atoms with Crippen LogP contribution in [0.3, 0.4) is 0 Å². The third-order valence-electron chi connectivity index (χ3n) is 6.44. The van der Waals surface area contributed by atoms with Gasteiger partial charge in [0.1, 0.15) is 10.7 Å². The van der Waals surface area contributed by atoms with Crippen LogP contribution in [0.4, 0.5) is 0 Å². The molecule has 0 bridgehead atoms. The van der Waals surface area contributed by atoms with E-state index >= 15 is 0 Å². The highest BCUT2D eigenvalue weighted by Gasteiger charge is 2.28. The molecule has 0 aliphatic heterocycles. The quantitative estimate of drug-likeness (QED) is 0.220. The minimum atomic E-state index is 0.299. The van der Waals surface area contributed by atoms with Gasteiger partial charge < -0.3 is 15.2 Å². The van der Waals surface area contributed by atoms with Gasteiger partial charge in [0.15, 0.2) is 0 Å². The molecule has 172 valence electrons. The molecule has 0 aromatic carbocycles. The smallest absolute Gasteiger partial charge is 0.224 e. The van der Waals surface area contributed by atoms with Crippen molar-refractivity contribution in [3.63, 3.8) is 0 Å². The number of hydrogen-bond donors (Lipinski definition) is 2. The Kier molecular flexibility index (Phi) is 8.30. The predicted molar refractivity (Wildman–Crippen MR) is 134 cm³/mol. The number of thiazole rings is 1. The molecule has 1 fully saturated rings. The zero-order chi connectivity index (χ0) is 22.3. The van der Waals surface area contributed by atoms with E-state index < -0.39 is 0 Å². The summed E-state index contributed by atoms with van der Waals surface area (Å²) in [5.74, 6) is 0.698. The summed E-state index contributed by atoms with van der Waals surface area (Å²) in [6.45, 7) is 8.60. The molecule has 2 N–H and O–H groups in total. The third kappa shape index (κ3) is 5.76. The van der Waals surface area contributed by atoms with Crippen LogP contribution in [0.25, 0.3) is 21.6 Å². The van der Waals surface area contributed by atoms with Crippen LogP contribution in [-0.2, 0) is 0 Å². The monoisotopic (exact) mass is 472 g/mol. The van der Waals surface area contributed by atoms with E-state index in [1.807, 2.05) is 17.8 Å². The molecular formula is C24H33ClN6S. The van der Waals surface area contributed by atoms with Gasteiger partial charge in [-0.1, -0.05) is 11.6 Å². The number of aromatic nitrogens is 4. The van der Waals surface area contributed by atoms with E-state index in [4.69, 9.17) is 11.6 Å². The molecule has 3 aromatic rings. The summed E-state index contributed by atoms with van der Waals surface area (Å²) in [7, 11) is 0. The van der Waals surface area contributed by atoms with Gasteiger partial charge >= 0.3 is 0 Å². The van der Waals surface area contributed by atoms with Crippen molar-refractivity contribution in [2.75, 3.05) is 26.2 Å². The van der Waals surface area contributed by atoms with Crippen LogP contribution in [0.5, 0.6) is 0 Å². The Morgan fingerprint density at radius 2 is 2.12 bits per heavy atom. The van der Waals surface area contributed by atoms with Gasteiger partial charge in [0.25, 0.3) is 0 Å². The number of nitrogens with one attached hydrogen (secondary N) is 2. The van der Waals surface area contributed by atoms with Gasteiger partial charge in [-0.15, -0.1) is 11.3 Å². The summed E-state index contributed by atoms with van der Waals surface area (Å²) in [4.78, 5) is 13.3. The second-order valence-corrected chi connectivity index (χ2v) is 9.92. The summed E-state index contributed by atoms with van der Waals surface area (Å²) in [6.07, 6.45) is 13.9. The molecule has 32 heavy (non-hydrogen) atoms. The van der Waals surface area contributed by atoms with E-state index in [0.717, 1.165) is 60.6 Å². The fraction of sp³-hybridized carbons (Fsp3) is 0.542. The average molecular weight is 473 g/mol. The predicted octanol–water partition coefficient (Wildman–Crippen LogP) is 5.48. The number of rotatable bonds is 11. The van der Waals surface area contributed by atoms with E-state index in [0.29, 0.717) is 17.2 Å². The van der Waals surface area contributed by atoms with Gasteiger partial charge in [-0.2, -0.15) is 4.98 Å². The maximum atomic E-state index is 6.15. The van der Waals surface area contributed by atoms with Crippen molar-refractivity contribution < 1.29 is 0 Å². The Labute approximate surface area is 199 Å². The van der Waals surface area contributed by atoms with E-state index in [1.165, 1.54) is 24.8 Å². The van der Waals surface area contributed by atoms with E-state index in [-0.39, 0.29) is 0 Å². The lowest BCUT2D eigenvalue weighted by Gasteiger charge is -2.15. The highest BCUT2D eigenvalue weighted by Crippen LogP contribution is 2.39. The molecule has 0 amide bonds. The molecule has 6 nitrogen and oxygen atoms in total. The number of hydrogen-bond acceptors (Lipinski definition) is 6. The molecule has 1 saturated carbocycles. The third-order valence-corrected chi connectivity index (χ3v) is 7.43. The largest absolute Gasteiger partial charge is 0.329 e. The normalized spacial score (nSPS) is 19.3. The van der Waals surface area contributed by atoms with Crippen molar-refractivity contribution in [1.82, 2.24) is 30.2 Å². The van der Waals surface area contributed by atoms with E-state index in [2.05, 4.69) is 56.3 Å². The lowest BCUT2D eigenvalue weighted by atomic mass is 10.1. The van der Waals surface area contributed by atoms with Gasteiger partial charge in [0.2, 0.25) is 5.28 Å². The molecule has 1 aliphatic carbocycles. The molecule has 8 heteroatoms. The Hall–Kier alpha value is -1.80. The second-order valence-electron chi connectivity index (χ2n) is 8.69. The van der Waals surface area contributed by atoms with E-state index in [1.54, 1.807) is 11.3 Å². The standard InChI is InChI=1S/C24H33ClN6S/c1-3-17(2)7-10-26-8-4-9-27-14-18-5-6-19(13-18)31-16-21(23-28-11-12-32-23)20-15-29-24(25)30-22(20)31/h3,11-12,15-16,18-19,26-27H,4-10,13-14H2,1-2H3/b17-3+/t18?,19-/m0/s1. The minimum absolute atomic E-state index is 0.299. The first-order valence-electron chi connectivity index (χ1n) is 11.6. The second kappa shape index (κ2) is 11.4. The fourth-order valence-electron chi connectivity index (χ4n) is 4.50. The Morgan fingerprint density at radius 1 is 1.25 bits per heavy atom. The van der Waals surface area contributed by atoms with Crippen LogP contribution < -0.4 is 10.6 Å². The summed E-state index contributed by atoms with van der Waals surface area (Å²) >= 11 is 7.79. The van der Waals surface area contributed by atoms with Gasteiger partial charge in [-0.25, -0.2) is 9.97 Å². The van der Waals surface area contributed by atoms with Crippen LogP contribution in [-0.4, -0.2) is 45.7 Å². The molecule has 1 unspecified atom stereocenters. The Morgan fingerprint density at radius 3 is 2.94 bits per heavy atom. The van der Waals surface area contributed by atoms with Crippen LogP contribution in [0.15, 0.2) is 35.6 Å². The summed E-state index contributed by atoms with van der Waals surface area (Å²) in [5, 5.41) is 11.5.